The topological polar surface area (TPSA) is 50.9 Å². The van der Waals surface area contributed by atoms with Gasteiger partial charge >= 0.3 is 0 Å². The zero-order valence-electron chi connectivity index (χ0n) is 9.15. The van der Waals surface area contributed by atoms with E-state index in [0.717, 1.165) is 15.8 Å². The van der Waals surface area contributed by atoms with E-state index in [-0.39, 0.29) is 4.99 Å². The van der Waals surface area contributed by atoms with Crippen molar-refractivity contribution in [1.82, 2.24) is 4.98 Å². The number of anilines is 2. The molecule has 2 aromatic rings. The summed E-state index contributed by atoms with van der Waals surface area (Å²) in [5.74, 6) is 0. The number of nitrogens with one attached hydrogen (secondary N) is 1. The number of halogens is 2. The van der Waals surface area contributed by atoms with Crippen molar-refractivity contribution in [3.05, 3.63) is 51.7 Å². The molecular weight excluding hydrogens is 334 g/mol. The summed E-state index contributed by atoms with van der Waals surface area (Å²) in [5, 5.41) is 3.79. The standard InChI is InChI=1S/C12H9BrClN3S/c13-7-1-3-10(9(14)5-7)17-8-2-4-11(12(15)18)16-6-8/h1-6,17H,(H2,15,18). The Kier molecular flexibility index (Phi) is 4.16. The first-order valence-corrected chi connectivity index (χ1v) is 6.62. The lowest BCUT2D eigenvalue weighted by Crippen LogP contribution is -2.11. The number of aromatic nitrogens is 1. The van der Waals surface area contributed by atoms with E-state index in [9.17, 15) is 0 Å². The van der Waals surface area contributed by atoms with Crippen molar-refractivity contribution in [2.24, 2.45) is 5.73 Å². The molecule has 0 unspecified atom stereocenters. The summed E-state index contributed by atoms with van der Waals surface area (Å²) in [7, 11) is 0. The van der Waals surface area contributed by atoms with Crippen molar-refractivity contribution in [1.29, 1.82) is 0 Å². The maximum absolute atomic E-state index is 6.11. The summed E-state index contributed by atoms with van der Waals surface area (Å²) in [4.78, 5) is 4.42. The summed E-state index contributed by atoms with van der Waals surface area (Å²) in [6.45, 7) is 0. The Hall–Kier alpha value is -1.17. The molecule has 18 heavy (non-hydrogen) atoms. The molecule has 0 aliphatic carbocycles. The Bertz CT molecular complexity index is 586. The number of thiocarbonyl (C=S) groups is 1. The highest BCUT2D eigenvalue weighted by atomic mass is 79.9. The zero-order chi connectivity index (χ0) is 13.1. The molecule has 0 aliphatic heterocycles. The third kappa shape index (κ3) is 3.19. The lowest BCUT2D eigenvalue weighted by molar-refractivity contribution is 1.29. The van der Waals surface area contributed by atoms with Crippen LogP contribution in [0.15, 0.2) is 41.0 Å². The van der Waals surface area contributed by atoms with E-state index in [1.807, 2.05) is 24.3 Å². The highest BCUT2D eigenvalue weighted by Crippen LogP contribution is 2.28. The van der Waals surface area contributed by atoms with Crippen molar-refractivity contribution >= 4 is 56.1 Å². The van der Waals surface area contributed by atoms with Crippen LogP contribution >= 0.6 is 39.7 Å². The second-order valence-electron chi connectivity index (χ2n) is 3.55. The highest BCUT2D eigenvalue weighted by Gasteiger charge is 2.03. The van der Waals surface area contributed by atoms with Crippen molar-refractivity contribution < 1.29 is 0 Å². The number of nitrogens with zero attached hydrogens (tertiary/aromatic N) is 1. The molecule has 2 rings (SSSR count). The van der Waals surface area contributed by atoms with Gasteiger partial charge in [-0.15, -0.1) is 0 Å². The molecule has 0 spiro atoms. The SMILES string of the molecule is NC(=S)c1ccc(Nc2ccc(Br)cc2Cl)cn1. The molecule has 1 aromatic heterocycles. The van der Waals surface area contributed by atoms with Gasteiger partial charge in [-0.05, 0) is 30.3 Å². The van der Waals surface area contributed by atoms with E-state index in [4.69, 9.17) is 29.6 Å². The Morgan fingerprint density at radius 3 is 2.67 bits per heavy atom. The van der Waals surface area contributed by atoms with Crippen LogP contribution in [0.5, 0.6) is 0 Å². The molecule has 0 amide bonds. The van der Waals surface area contributed by atoms with Gasteiger partial charge in [-0.3, -0.25) is 4.98 Å². The molecule has 0 saturated carbocycles. The average molecular weight is 343 g/mol. The number of rotatable bonds is 3. The van der Waals surface area contributed by atoms with Crippen LogP contribution in [0.2, 0.25) is 5.02 Å². The summed E-state index contributed by atoms with van der Waals surface area (Å²) in [5.41, 5.74) is 7.70. The van der Waals surface area contributed by atoms with Crippen molar-refractivity contribution in [2.75, 3.05) is 5.32 Å². The fourth-order valence-corrected chi connectivity index (χ4v) is 2.20. The first-order chi connectivity index (χ1) is 8.56. The van der Waals surface area contributed by atoms with Crippen LogP contribution in [-0.2, 0) is 0 Å². The molecule has 1 aromatic carbocycles. The van der Waals surface area contributed by atoms with Gasteiger partial charge in [-0.25, -0.2) is 0 Å². The second-order valence-corrected chi connectivity index (χ2v) is 5.31. The Labute approximate surface area is 123 Å². The fraction of sp³-hybridized carbons (Fsp3) is 0. The molecule has 0 atom stereocenters. The molecule has 6 heteroatoms. The van der Waals surface area contributed by atoms with Crippen LogP contribution in [0.3, 0.4) is 0 Å². The summed E-state index contributed by atoms with van der Waals surface area (Å²) in [6, 6.07) is 9.22. The predicted octanol–water partition coefficient (Wildman–Crippen LogP) is 3.88. The van der Waals surface area contributed by atoms with E-state index in [0.29, 0.717) is 10.7 Å². The summed E-state index contributed by atoms with van der Waals surface area (Å²) in [6.07, 6.45) is 1.66. The van der Waals surface area contributed by atoms with E-state index in [2.05, 4.69) is 26.2 Å². The number of nitrogens with two attached hydrogens (primary N) is 1. The molecule has 3 nitrogen and oxygen atoms in total. The third-order valence-corrected chi connectivity index (χ3v) is 3.24. The molecule has 1 heterocycles. The van der Waals surface area contributed by atoms with E-state index < -0.39 is 0 Å². The fourth-order valence-electron chi connectivity index (χ4n) is 1.36. The number of hydrogen-bond donors (Lipinski definition) is 2. The molecule has 0 saturated heterocycles. The van der Waals surface area contributed by atoms with Crippen LogP contribution in [0.1, 0.15) is 5.69 Å². The van der Waals surface area contributed by atoms with Gasteiger partial charge in [-0.1, -0.05) is 39.7 Å². The largest absolute Gasteiger partial charge is 0.388 e. The van der Waals surface area contributed by atoms with Gasteiger partial charge in [0.1, 0.15) is 4.99 Å². The smallest absolute Gasteiger partial charge is 0.122 e. The van der Waals surface area contributed by atoms with Crippen molar-refractivity contribution in [3.63, 3.8) is 0 Å². The maximum atomic E-state index is 6.11. The van der Waals surface area contributed by atoms with Crippen LogP contribution in [0.4, 0.5) is 11.4 Å². The molecule has 0 fully saturated rings. The summed E-state index contributed by atoms with van der Waals surface area (Å²) >= 11 is 14.3. The highest BCUT2D eigenvalue weighted by molar-refractivity contribution is 9.10. The molecule has 0 bridgehead atoms. The molecule has 0 aliphatic rings. The minimum atomic E-state index is 0.281. The molecular formula is C12H9BrClN3S. The van der Waals surface area contributed by atoms with Gasteiger partial charge in [0.15, 0.2) is 0 Å². The van der Waals surface area contributed by atoms with Crippen LogP contribution < -0.4 is 11.1 Å². The lowest BCUT2D eigenvalue weighted by Gasteiger charge is -2.08. The quantitative estimate of drug-likeness (QED) is 0.831. The van der Waals surface area contributed by atoms with E-state index in [1.165, 1.54) is 0 Å². The molecule has 0 radical (unpaired) electrons. The monoisotopic (exact) mass is 341 g/mol. The Morgan fingerprint density at radius 2 is 2.11 bits per heavy atom. The van der Waals surface area contributed by atoms with Gasteiger partial charge in [0.05, 0.1) is 28.3 Å². The minimum Gasteiger partial charge on any atom is -0.388 e. The number of hydrogen-bond acceptors (Lipinski definition) is 3. The lowest BCUT2D eigenvalue weighted by atomic mass is 10.3. The van der Waals surface area contributed by atoms with Gasteiger partial charge in [-0.2, -0.15) is 0 Å². The van der Waals surface area contributed by atoms with Gasteiger partial charge in [0.25, 0.3) is 0 Å². The van der Waals surface area contributed by atoms with Crippen molar-refractivity contribution in [2.45, 2.75) is 0 Å². The van der Waals surface area contributed by atoms with Gasteiger partial charge in [0, 0.05) is 4.47 Å². The van der Waals surface area contributed by atoms with Gasteiger partial charge in [0.2, 0.25) is 0 Å². The Morgan fingerprint density at radius 1 is 1.33 bits per heavy atom. The first kappa shape index (κ1) is 13.3. The first-order valence-electron chi connectivity index (χ1n) is 5.04. The van der Waals surface area contributed by atoms with Crippen LogP contribution in [0.25, 0.3) is 0 Å². The van der Waals surface area contributed by atoms with Crippen LogP contribution in [-0.4, -0.2) is 9.97 Å². The van der Waals surface area contributed by atoms with E-state index in [1.54, 1.807) is 12.3 Å². The predicted molar refractivity (Wildman–Crippen MR) is 82.6 cm³/mol. The maximum Gasteiger partial charge on any atom is 0.122 e. The number of pyridine rings is 1. The zero-order valence-corrected chi connectivity index (χ0v) is 12.3. The normalized spacial score (nSPS) is 10.1. The Balaban J connectivity index is 2.21. The third-order valence-electron chi connectivity index (χ3n) is 2.23. The molecule has 92 valence electrons. The second kappa shape index (κ2) is 5.65. The average Bonchev–Trinajstić information content (AvgIpc) is 2.33. The van der Waals surface area contributed by atoms with Crippen molar-refractivity contribution in [3.8, 4) is 0 Å². The van der Waals surface area contributed by atoms with Gasteiger partial charge < -0.3 is 11.1 Å². The van der Waals surface area contributed by atoms with E-state index >= 15 is 0 Å². The van der Waals surface area contributed by atoms with Crippen LogP contribution in [0, 0.1) is 0 Å². The number of benzene rings is 1. The molecule has 3 N–H and O–H groups in total. The summed E-state index contributed by atoms with van der Waals surface area (Å²) < 4.78 is 0.931. The minimum absolute atomic E-state index is 0.281.